The van der Waals surface area contributed by atoms with E-state index in [9.17, 15) is 4.79 Å². The minimum absolute atomic E-state index is 0.0130. The number of aromatic nitrogens is 2. The standard InChI is InChI=1S/C31H33N5O3/c32-27(31(37)36-15-13-35(14-16-36)20-23-4-2-1-3-5-23)18-22-6-8-25(9-7-22)39-28-10-12-33-30-29(28)26(19-34-30)24-11-17-38-21-24/h1-12,19,27H,13-18,20-21,32H2,(H,33,34). The van der Waals surface area contributed by atoms with Gasteiger partial charge in [0.2, 0.25) is 5.91 Å². The summed E-state index contributed by atoms with van der Waals surface area (Å²) in [5.41, 5.74) is 11.6. The average Bonchev–Trinajstić information content (AvgIpc) is 3.65. The van der Waals surface area contributed by atoms with E-state index in [1.54, 1.807) is 6.20 Å². The summed E-state index contributed by atoms with van der Waals surface area (Å²) in [6.45, 7) is 5.23. The van der Waals surface area contributed by atoms with Gasteiger partial charge in [-0.15, -0.1) is 0 Å². The number of fused-ring (bicyclic) bond motifs is 1. The molecule has 0 spiro atoms. The average molecular weight is 524 g/mol. The normalized spacial score (nSPS) is 16.8. The van der Waals surface area contributed by atoms with Gasteiger partial charge in [-0.1, -0.05) is 48.5 Å². The van der Waals surface area contributed by atoms with Gasteiger partial charge in [0.15, 0.2) is 0 Å². The molecule has 4 heterocycles. The number of pyridine rings is 1. The molecular weight excluding hydrogens is 490 g/mol. The molecule has 1 fully saturated rings. The predicted octanol–water partition coefficient (Wildman–Crippen LogP) is 3.98. The number of amides is 1. The number of ether oxygens (including phenoxy) is 2. The number of carbonyl (C=O) groups is 1. The van der Waals surface area contributed by atoms with Crippen LogP contribution in [-0.2, 0) is 22.5 Å². The Balaban J connectivity index is 1.05. The van der Waals surface area contributed by atoms with Crippen LogP contribution in [0.3, 0.4) is 0 Å². The van der Waals surface area contributed by atoms with Crippen molar-refractivity contribution in [3.63, 3.8) is 0 Å². The van der Waals surface area contributed by atoms with Gasteiger partial charge in [0.25, 0.3) is 0 Å². The van der Waals surface area contributed by atoms with Crippen molar-refractivity contribution in [2.45, 2.75) is 19.0 Å². The minimum atomic E-state index is -0.568. The van der Waals surface area contributed by atoms with E-state index in [-0.39, 0.29) is 5.91 Å². The molecule has 2 aliphatic heterocycles. The van der Waals surface area contributed by atoms with Gasteiger partial charge in [-0.2, -0.15) is 0 Å². The zero-order valence-corrected chi connectivity index (χ0v) is 21.9. The molecule has 8 nitrogen and oxygen atoms in total. The molecule has 6 rings (SSSR count). The van der Waals surface area contributed by atoms with Crippen molar-refractivity contribution < 1.29 is 14.3 Å². The highest BCUT2D eigenvalue weighted by Gasteiger charge is 2.25. The molecule has 8 heteroatoms. The quantitative estimate of drug-likeness (QED) is 0.363. The summed E-state index contributed by atoms with van der Waals surface area (Å²) in [4.78, 5) is 25.0. The minimum Gasteiger partial charge on any atom is -0.457 e. The summed E-state index contributed by atoms with van der Waals surface area (Å²) in [7, 11) is 0. The van der Waals surface area contributed by atoms with Crippen molar-refractivity contribution in [1.82, 2.24) is 19.8 Å². The Labute approximate surface area is 228 Å². The third-order valence-corrected chi connectivity index (χ3v) is 7.44. The van der Waals surface area contributed by atoms with Crippen molar-refractivity contribution in [2.24, 2.45) is 5.73 Å². The highest BCUT2D eigenvalue weighted by Crippen LogP contribution is 2.35. The number of H-pyrrole nitrogens is 1. The summed E-state index contributed by atoms with van der Waals surface area (Å²) < 4.78 is 11.8. The van der Waals surface area contributed by atoms with Gasteiger partial charge in [-0.3, -0.25) is 9.69 Å². The first-order valence-electron chi connectivity index (χ1n) is 13.4. The number of hydrogen-bond donors (Lipinski definition) is 2. The van der Waals surface area contributed by atoms with Gasteiger partial charge in [-0.25, -0.2) is 4.98 Å². The van der Waals surface area contributed by atoms with Crippen LogP contribution in [0.25, 0.3) is 16.6 Å². The van der Waals surface area contributed by atoms with Crippen LogP contribution in [0, 0.1) is 0 Å². The van der Waals surface area contributed by atoms with Crippen LogP contribution in [0.15, 0.2) is 79.1 Å². The van der Waals surface area contributed by atoms with Crippen LogP contribution in [0.1, 0.15) is 16.7 Å². The monoisotopic (exact) mass is 523 g/mol. The number of aromatic amines is 1. The molecule has 4 aromatic rings. The van der Waals surface area contributed by atoms with Crippen LogP contribution in [-0.4, -0.2) is 71.1 Å². The molecule has 39 heavy (non-hydrogen) atoms. The topological polar surface area (TPSA) is 96.7 Å². The van der Waals surface area contributed by atoms with E-state index in [0.717, 1.165) is 53.1 Å². The molecule has 2 aliphatic rings. The van der Waals surface area contributed by atoms with Crippen molar-refractivity contribution in [1.29, 1.82) is 0 Å². The molecule has 1 atom stereocenters. The van der Waals surface area contributed by atoms with E-state index in [1.807, 2.05) is 47.5 Å². The second-order valence-corrected chi connectivity index (χ2v) is 10.1. The largest absolute Gasteiger partial charge is 0.457 e. The van der Waals surface area contributed by atoms with Crippen molar-refractivity contribution in [2.75, 3.05) is 39.4 Å². The number of nitrogens with one attached hydrogen (secondary N) is 1. The Morgan fingerprint density at radius 2 is 1.82 bits per heavy atom. The Bertz CT molecular complexity index is 1460. The number of rotatable bonds is 8. The van der Waals surface area contributed by atoms with Gasteiger partial charge < -0.3 is 25.1 Å². The Kier molecular flexibility index (Phi) is 7.40. The summed E-state index contributed by atoms with van der Waals surface area (Å²) >= 11 is 0. The van der Waals surface area contributed by atoms with Gasteiger partial charge in [0.05, 0.1) is 24.6 Å². The fourth-order valence-electron chi connectivity index (χ4n) is 5.30. The smallest absolute Gasteiger partial charge is 0.239 e. The lowest BCUT2D eigenvalue weighted by atomic mass is 10.0. The zero-order valence-electron chi connectivity index (χ0n) is 21.9. The summed E-state index contributed by atoms with van der Waals surface area (Å²) in [6, 6.07) is 19.5. The van der Waals surface area contributed by atoms with Gasteiger partial charge in [0.1, 0.15) is 17.1 Å². The Hall–Kier alpha value is -3.98. The van der Waals surface area contributed by atoms with Gasteiger partial charge in [0, 0.05) is 50.7 Å². The van der Waals surface area contributed by atoms with Gasteiger partial charge in [-0.05, 0) is 41.3 Å². The molecular formula is C31H33N5O3. The molecule has 1 amide bonds. The molecule has 2 aromatic carbocycles. The molecule has 0 aliphatic carbocycles. The number of piperazine rings is 1. The van der Waals surface area contributed by atoms with E-state index in [1.165, 1.54) is 5.56 Å². The number of nitrogens with two attached hydrogens (primary N) is 1. The highest BCUT2D eigenvalue weighted by molar-refractivity contribution is 5.95. The summed E-state index contributed by atoms with van der Waals surface area (Å²) in [6.07, 6.45) is 6.26. The summed E-state index contributed by atoms with van der Waals surface area (Å²) in [5, 5.41) is 0.940. The van der Waals surface area contributed by atoms with Crippen molar-refractivity contribution >= 4 is 22.5 Å². The van der Waals surface area contributed by atoms with E-state index in [2.05, 4.69) is 45.2 Å². The maximum atomic E-state index is 13.1. The first-order valence-corrected chi connectivity index (χ1v) is 13.4. The maximum absolute atomic E-state index is 13.1. The number of nitrogens with zero attached hydrogens (tertiary/aromatic N) is 3. The van der Waals surface area contributed by atoms with Crippen LogP contribution in [0.4, 0.5) is 0 Å². The first-order chi connectivity index (χ1) is 19.1. The van der Waals surface area contributed by atoms with Gasteiger partial charge >= 0.3 is 0 Å². The van der Waals surface area contributed by atoms with Crippen LogP contribution in [0.5, 0.6) is 11.5 Å². The molecule has 0 bridgehead atoms. The lowest BCUT2D eigenvalue weighted by molar-refractivity contribution is -0.134. The molecule has 1 unspecified atom stereocenters. The lowest BCUT2D eigenvalue weighted by Crippen LogP contribution is -2.53. The first kappa shape index (κ1) is 25.3. The summed E-state index contributed by atoms with van der Waals surface area (Å²) in [5.74, 6) is 1.46. The lowest BCUT2D eigenvalue weighted by Gasteiger charge is -2.36. The zero-order chi connectivity index (χ0) is 26.6. The van der Waals surface area contributed by atoms with Crippen LogP contribution >= 0.6 is 0 Å². The fraction of sp³-hybridized carbons (Fsp3) is 0.290. The molecule has 1 saturated heterocycles. The molecule has 200 valence electrons. The Morgan fingerprint density at radius 1 is 1.03 bits per heavy atom. The fourth-order valence-corrected chi connectivity index (χ4v) is 5.30. The van der Waals surface area contributed by atoms with Crippen molar-refractivity contribution in [3.8, 4) is 11.5 Å². The Morgan fingerprint density at radius 3 is 2.56 bits per heavy atom. The molecule has 0 radical (unpaired) electrons. The van der Waals surface area contributed by atoms with E-state index in [4.69, 9.17) is 15.2 Å². The van der Waals surface area contributed by atoms with Crippen LogP contribution in [0.2, 0.25) is 0 Å². The predicted molar refractivity (Wildman–Crippen MR) is 151 cm³/mol. The van der Waals surface area contributed by atoms with Crippen LogP contribution < -0.4 is 10.5 Å². The van der Waals surface area contributed by atoms with E-state index >= 15 is 0 Å². The number of carbonyl (C=O) groups excluding carboxylic acids is 1. The molecule has 3 N–H and O–H groups in total. The van der Waals surface area contributed by atoms with E-state index < -0.39 is 6.04 Å². The third kappa shape index (κ3) is 5.73. The molecule has 0 saturated carbocycles. The second kappa shape index (κ2) is 11.4. The van der Waals surface area contributed by atoms with E-state index in [0.29, 0.717) is 38.5 Å². The van der Waals surface area contributed by atoms with Crippen molar-refractivity contribution in [3.05, 3.63) is 95.8 Å². The highest BCUT2D eigenvalue weighted by atomic mass is 16.5. The maximum Gasteiger partial charge on any atom is 0.239 e. The SMILES string of the molecule is NC(Cc1ccc(Oc2ccnc3[nH]cc(C4=CCOC4)c23)cc1)C(=O)N1CCN(Cc2ccccc2)CC1. The third-order valence-electron chi connectivity index (χ3n) is 7.44. The number of benzene rings is 2. The number of hydrogen-bond acceptors (Lipinski definition) is 6. The second-order valence-electron chi connectivity index (χ2n) is 10.1. The molecule has 2 aromatic heterocycles.